The number of phenols is 1. The van der Waals surface area contributed by atoms with Crippen molar-refractivity contribution >= 4 is 17.0 Å². The highest BCUT2D eigenvalue weighted by Crippen LogP contribution is 2.35. The van der Waals surface area contributed by atoms with E-state index in [0.717, 1.165) is 19.5 Å². The Hall–Kier alpha value is -0.540. The summed E-state index contributed by atoms with van der Waals surface area (Å²) < 4.78 is 0. The molecule has 1 fully saturated rings. The quantitative estimate of drug-likeness (QED) is 0.877. The zero-order valence-electron chi connectivity index (χ0n) is 10.4. The number of rotatable bonds is 2. The molecule has 2 N–H and O–H groups in total. The number of halogens is 1. The molecule has 1 heterocycles. The van der Waals surface area contributed by atoms with Crippen LogP contribution in [0.1, 0.15) is 38.2 Å². The largest absolute Gasteiger partial charge is 0.508 e. The van der Waals surface area contributed by atoms with Gasteiger partial charge in [0.1, 0.15) is 5.75 Å². The Balaban J connectivity index is 0.00000144. The van der Waals surface area contributed by atoms with Gasteiger partial charge in [-0.25, -0.2) is 0 Å². The van der Waals surface area contributed by atoms with E-state index in [0.29, 0.717) is 5.75 Å². The molecule has 0 spiro atoms. The van der Waals surface area contributed by atoms with Crippen LogP contribution in [-0.2, 0) is 5.41 Å². The van der Waals surface area contributed by atoms with Crippen molar-refractivity contribution in [2.75, 3.05) is 13.1 Å². The minimum absolute atomic E-state index is 0. The summed E-state index contributed by atoms with van der Waals surface area (Å²) in [6.45, 7) is 4.41. The van der Waals surface area contributed by atoms with Crippen molar-refractivity contribution in [1.29, 1.82) is 0 Å². The Kier molecular flexibility index (Phi) is 5.47. The molecular formula is C14H22BrNO. The van der Waals surface area contributed by atoms with Gasteiger partial charge in [0.05, 0.1) is 0 Å². The summed E-state index contributed by atoms with van der Waals surface area (Å²) in [6.07, 6.45) is 4.89. The lowest BCUT2D eigenvalue weighted by molar-refractivity contribution is 0.374. The van der Waals surface area contributed by atoms with Crippen molar-refractivity contribution in [2.24, 2.45) is 0 Å². The van der Waals surface area contributed by atoms with Gasteiger partial charge in [0.2, 0.25) is 0 Å². The molecule has 96 valence electrons. The smallest absolute Gasteiger partial charge is 0.115 e. The van der Waals surface area contributed by atoms with Crippen LogP contribution in [0.4, 0.5) is 0 Å². The van der Waals surface area contributed by atoms with Crippen LogP contribution in [0.3, 0.4) is 0 Å². The molecule has 2 nitrogen and oxygen atoms in total. The summed E-state index contributed by atoms with van der Waals surface area (Å²) in [4.78, 5) is 0. The van der Waals surface area contributed by atoms with Crippen LogP contribution in [0.5, 0.6) is 5.75 Å². The van der Waals surface area contributed by atoms with Gasteiger partial charge < -0.3 is 10.4 Å². The van der Waals surface area contributed by atoms with E-state index in [4.69, 9.17) is 0 Å². The molecule has 3 heteroatoms. The fourth-order valence-corrected chi connectivity index (χ4v) is 2.72. The monoisotopic (exact) mass is 299 g/mol. The van der Waals surface area contributed by atoms with Crippen LogP contribution in [0, 0.1) is 0 Å². The van der Waals surface area contributed by atoms with Gasteiger partial charge in [-0.2, -0.15) is 0 Å². The predicted molar refractivity (Wildman–Crippen MR) is 77.1 cm³/mol. The van der Waals surface area contributed by atoms with Crippen molar-refractivity contribution in [1.82, 2.24) is 5.32 Å². The summed E-state index contributed by atoms with van der Waals surface area (Å²) >= 11 is 0. The zero-order valence-corrected chi connectivity index (χ0v) is 12.1. The number of phenolic OH excluding ortho intramolecular Hbond substituents is 1. The Bertz CT molecular complexity index is 346. The number of benzene rings is 1. The fourth-order valence-electron chi connectivity index (χ4n) is 2.72. The molecule has 17 heavy (non-hydrogen) atoms. The number of aromatic hydroxyl groups is 1. The highest BCUT2D eigenvalue weighted by atomic mass is 79.9. The average Bonchev–Trinajstić information content (AvgIpc) is 2.55. The Morgan fingerprint density at radius 1 is 1.35 bits per heavy atom. The van der Waals surface area contributed by atoms with E-state index in [1.165, 1.54) is 24.8 Å². The lowest BCUT2D eigenvalue weighted by Gasteiger charge is -2.32. The molecule has 1 atom stereocenters. The minimum atomic E-state index is 0. The molecule has 1 saturated heterocycles. The molecule has 0 amide bonds. The first-order chi connectivity index (χ1) is 7.77. The fraction of sp³-hybridized carbons (Fsp3) is 0.571. The van der Waals surface area contributed by atoms with Crippen molar-refractivity contribution in [3.63, 3.8) is 0 Å². The Labute approximate surface area is 114 Å². The molecule has 0 radical (unpaired) electrons. The first-order valence-corrected chi connectivity index (χ1v) is 6.27. The highest BCUT2D eigenvalue weighted by molar-refractivity contribution is 8.93. The second kappa shape index (κ2) is 6.41. The second-order valence-corrected chi connectivity index (χ2v) is 4.82. The summed E-state index contributed by atoms with van der Waals surface area (Å²) in [7, 11) is 0. The predicted octanol–water partition coefficient (Wildman–Crippen LogP) is 3.39. The standard InChI is InChI=1S/C14H21NO.BrH/c1-2-14(8-3-4-9-15-11-14)12-6-5-7-13(16)10-12;/h5-7,10,15-16H,2-4,8-9,11H2,1H3;1H. The maximum absolute atomic E-state index is 9.60. The van der Waals surface area contributed by atoms with Crippen LogP contribution >= 0.6 is 17.0 Å². The molecule has 0 bridgehead atoms. The minimum Gasteiger partial charge on any atom is -0.508 e. The van der Waals surface area contributed by atoms with Crippen molar-refractivity contribution in [3.8, 4) is 5.75 Å². The van der Waals surface area contributed by atoms with Gasteiger partial charge in [-0.1, -0.05) is 25.5 Å². The number of nitrogens with one attached hydrogen (secondary N) is 1. The van der Waals surface area contributed by atoms with Crippen molar-refractivity contribution in [3.05, 3.63) is 29.8 Å². The number of hydrogen-bond acceptors (Lipinski definition) is 2. The molecule has 1 aromatic rings. The van der Waals surface area contributed by atoms with Crippen LogP contribution < -0.4 is 5.32 Å². The van der Waals surface area contributed by atoms with Gasteiger partial charge >= 0.3 is 0 Å². The van der Waals surface area contributed by atoms with E-state index in [1.54, 1.807) is 6.07 Å². The molecule has 1 aliphatic rings. The van der Waals surface area contributed by atoms with Gasteiger partial charge in [-0.05, 0) is 43.5 Å². The lowest BCUT2D eigenvalue weighted by Crippen LogP contribution is -2.36. The van der Waals surface area contributed by atoms with E-state index in [9.17, 15) is 5.11 Å². The van der Waals surface area contributed by atoms with Gasteiger partial charge in [-0.15, -0.1) is 17.0 Å². The lowest BCUT2D eigenvalue weighted by atomic mass is 9.74. The van der Waals surface area contributed by atoms with Gasteiger partial charge in [0, 0.05) is 12.0 Å². The third-order valence-corrected chi connectivity index (χ3v) is 3.86. The normalized spacial score (nSPS) is 24.8. The van der Waals surface area contributed by atoms with Gasteiger partial charge in [-0.3, -0.25) is 0 Å². The van der Waals surface area contributed by atoms with Crippen LogP contribution in [-0.4, -0.2) is 18.2 Å². The van der Waals surface area contributed by atoms with E-state index >= 15 is 0 Å². The summed E-state index contributed by atoms with van der Waals surface area (Å²) in [6, 6.07) is 7.77. The van der Waals surface area contributed by atoms with Crippen LogP contribution in [0.25, 0.3) is 0 Å². The summed E-state index contributed by atoms with van der Waals surface area (Å²) in [5.41, 5.74) is 1.50. The SMILES string of the molecule is Br.CCC1(c2cccc(O)c2)CCCCNC1. The second-order valence-electron chi connectivity index (χ2n) is 4.82. The first-order valence-electron chi connectivity index (χ1n) is 6.27. The maximum atomic E-state index is 9.60. The van der Waals surface area contributed by atoms with E-state index in [-0.39, 0.29) is 22.4 Å². The molecular weight excluding hydrogens is 278 g/mol. The zero-order chi connectivity index (χ0) is 11.4. The maximum Gasteiger partial charge on any atom is 0.115 e. The topological polar surface area (TPSA) is 32.3 Å². The first kappa shape index (κ1) is 14.5. The molecule has 2 rings (SSSR count). The summed E-state index contributed by atoms with van der Waals surface area (Å²) in [5.74, 6) is 0.384. The Morgan fingerprint density at radius 2 is 2.18 bits per heavy atom. The highest BCUT2D eigenvalue weighted by Gasteiger charge is 2.31. The average molecular weight is 300 g/mol. The van der Waals surface area contributed by atoms with Crippen LogP contribution in [0.2, 0.25) is 0 Å². The molecule has 1 unspecified atom stereocenters. The van der Waals surface area contributed by atoms with Crippen LogP contribution in [0.15, 0.2) is 24.3 Å². The van der Waals surface area contributed by atoms with Gasteiger partial charge in [0.15, 0.2) is 0 Å². The molecule has 1 aliphatic heterocycles. The number of hydrogen-bond donors (Lipinski definition) is 2. The van der Waals surface area contributed by atoms with E-state index < -0.39 is 0 Å². The molecule has 1 aromatic carbocycles. The van der Waals surface area contributed by atoms with E-state index in [2.05, 4.69) is 18.3 Å². The van der Waals surface area contributed by atoms with Crippen molar-refractivity contribution in [2.45, 2.75) is 38.0 Å². The Morgan fingerprint density at radius 3 is 2.88 bits per heavy atom. The third kappa shape index (κ3) is 3.23. The van der Waals surface area contributed by atoms with Crippen molar-refractivity contribution < 1.29 is 5.11 Å². The van der Waals surface area contributed by atoms with Gasteiger partial charge in [0.25, 0.3) is 0 Å². The third-order valence-electron chi connectivity index (χ3n) is 3.86. The molecule has 0 saturated carbocycles. The van der Waals surface area contributed by atoms with E-state index in [1.807, 2.05) is 12.1 Å². The molecule has 0 aromatic heterocycles. The summed E-state index contributed by atoms with van der Waals surface area (Å²) in [5, 5.41) is 13.1. The molecule has 0 aliphatic carbocycles.